The number of hydrogen-bond donors (Lipinski definition) is 2. The molecule has 4 nitrogen and oxygen atoms in total. The summed E-state index contributed by atoms with van der Waals surface area (Å²) in [5, 5.41) is 13.0. The zero-order valence-corrected chi connectivity index (χ0v) is 12.1. The molecule has 1 rings (SSSR count). The fraction of sp³-hybridized carbons (Fsp3) is 0.600. The molecule has 108 valence electrons. The van der Waals surface area contributed by atoms with E-state index in [1.807, 2.05) is 19.1 Å². The van der Waals surface area contributed by atoms with Crippen molar-refractivity contribution in [2.45, 2.75) is 26.9 Å². The van der Waals surface area contributed by atoms with Crippen LogP contribution in [0.5, 0.6) is 0 Å². The van der Waals surface area contributed by atoms with Gasteiger partial charge in [0, 0.05) is 18.8 Å². The van der Waals surface area contributed by atoms with E-state index in [1.54, 1.807) is 0 Å². The Morgan fingerprint density at radius 3 is 2.68 bits per heavy atom. The molecule has 0 heterocycles. The van der Waals surface area contributed by atoms with Crippen LogP contribution in [0.2, 0.25) is 0 Å². The minimum Gasteiger partial charge on any atom is -0.389 e. The molecular formula is C15H25NO3. The molecule has 19 heavy (non-hydrogen) atoms. The van der Waals surface area contributed by atoms with Gasteiger partial charge in [0.1, 0.15) is 0 Å². The minimum absolute atomic E-state index is 0.324. The summed E-state index contributed by atoms with van der Waals surface area (Å²) in [5.74, 6) is 0. The average molecular weight is 267 g/mol. The van der Waals surface area contributed by atoms with E-state index >= 15 is 0 Å². The van der Waals surface area contributed by atoms with Crippen LogP contribution < -0.4 is 5.32 Å². The summed E-state index contributed by atoms with van der Waals surface area (Å²) in [6.45, 7) is 8.70. The van der Waals surface area contributed by atoms with Crippen molar-refractivity contribution in [1.82, 2.24) is 0 Å². The third-order valence-corrected chi connectivity index (χ3v) is 3.02. The lowest BCUT2D eigenvalue weighted by Crippen LogP contribution is -2.26. The first-order valence-electron chi connectivity index (χ1n) is 6.78. The van der Waals surface area contributed by atoms with Gasteiger partial charge in [-0.25, -0.2) is 0 Å². The molecule has 0 saturated heterocycles. The minimum atomic E-state index is -0.512. The Hall–Kier alpha value is -1.10. The maximum atomic E-state index is 9.80. The molecule has 1 aromatic rings. The molecule has 2 N–H and O–H groups in total. The Morgan fingerprint density at radius 1 is 1.21 bits per heavy atom. The van der Waals surface area contributed by atoms with E-state index in [0.29, 0.717) is 33.0 Å². The second-order valence-electron chi connectivity index (χ2n) is 4.55. The predicted octanol–water partition coefficient (Wildman–Crippen LogP) is 2.13. The van der Waals surface area contributed by atoms with Crippen molar-refractivity contribution < 1.29 is 14.6 Å². The van der Waals surface area contributed by atoms with Gasteiger partial charge in [0.25, 0.3) is 0 Å². The molecule has 1 aromatic carbocycles. The summed E-state index contributed by atoms with van der Waals surface area (Å²) < 4.78 is 10.5. The highest BCUT2D eigenvalue weighted by Crippen LogP contribution is 2.17. The SMILES string of the molecule is CCOCCOCC(O)CNc1cccc(C)c1C. The maximum absolute atomic E-state index is 9.80. The Balaban J connectivity index is 2.22. The van der Waals surface area contributed by atoms with Crippen molar-refractivity contribution in [3.8, 4) is 0 Å². The van der Waals surface area contributed by atoms with Crippen molar-refractivity contribution in [2.24, 2.45) is 0 Å². The number of aryl methyl sites for hydroxylation is 1. The van der Waals surface area contributed by atoms with Crippen LogP contribution in [-0.4, -0.2) is 44.2 Å². The van der Waals surface area contributed by atoms with Gasteiger partial charge in [0.15, 0.2) is 0 Å². The summed E-state index contributed by atoms with van der Waals surface area (Å²) in [7, 11) is 0. The highest BCUT2D eigenvalue weighted by atomic mass is 16.5. The van der Waals surface area contributed by atoms with E-state index < -0.39 is 6.10 Å². The van der Waals surface area contributed by atoms with E-state index in [4.69, 9.17) is 9.47 Å². The fourth-order valence-electron chi connectivity index (χ4n) is 1.71. The van der Waals surface area contributed by atoms with Crippen LogP contribution in [0.3, 0.4) is 0 Å². The molecule has 0 amide bonds. The molecule has 0 aromatic heterocycles. The summed E-state index contributed by atoms with van der Waals surface area (Å²) in [6.07, 6.45) is -0.512. The second-order valence-corrected chi connectivity index (χ2v) is 4.55. The van der Waals surface area contributed by atoms with Gasteiger partial charge in [-0.2, -0.15) is 0 Å². The zero-order chi connectivity index (χ0) is 14.1. The van der Waals surface area contributed by atoms with Gasteiger partial charge in [-0.15, -0.1) is 0 Å². The van der Waals surface area contributed by atoms with Crippen molar-refractivity contribution in [3.63, 3.8) is 0 Å². The molecule has 1 atom stereocenters. The first-order valence-corrected chi connectivity index (χ1v) is 6.78. The number of rotatable bonds is 9. The van der Waals surface area contributed by atoms with E-state index in [-0.39, 0.29) is 0 Å². The van der Waals surface area contributed by atoms with Gasteiger partial charge >= 0.3 is 0 Å². The number of aliphatic hydroxyl groups excluding tert-OH is 1. The van der Waals surface area contributed by atoms with Crippen molar-refractivity contribution in [3.05, 3.63) is 29.3 Å². The summed E-state index contributed by atoms with van der Waals surface area (Å²) in [5.41, 5.74) is 3.52. The molecule has 0 fully saturated rings. The third kappa shape index (κ3) is 6.05. The van der Waals surface area contributed by atoms with Gasteiger partial charge in [0.05, 0.1) is 25.9 Å². The Labute approximate surface area is 115 Å². The standard InChI is InChI=1S/C15H25NO3/c1-4-18-8-9-19-11-14(17)10-16-15-7-5-6-12(2)13(15)3/h5-7,14,16-17H,4,8-11H2,1-3H3. The molecular weight excluding hydrogens is 242 g/mol. The Morgan fingerprint density at radius 2 is 1.95 bits per heavy atom. The third-order valence-electron chi connectivity index (χ3n) is 3.02. The van der Waals surface area contributed by atoms with E-state index in [2.05, 4.69) is 25.2 Å². The summed E-state index contributed by atoms with van der Waals surface area (Å²) in [4.78, 5) is 0. The van der Waals surface area contributed by atoms with Gasteiger partial charge in [-0.3, -0.25) is 0 Å². The predicted molar refractivity (Wildman–Crippen MR) is 77.7 cm³/mol. The lowest BCUT2D eigenvalue weighted by Gasteiger charge is -2.15. The van der Waals surface area contributed by atoms with Crippen LogP contribution in [-0.2, 0) is 9.47 Å². The second kappa shape index (κ2) is 8.91. The number of hydrogen-bond acceptors (Lipinski definition) is 4. The lowest BCUT2D eigenvalue weighted by molar-refractivity contribution is 0.0103. The van der Waals surface area contributed by atoms with Gasteiger partial charge in [-0.05, 0) is 38.0 Å². The lowest BCUT2D eigenvalue weighted by atomic mass is 10.1. The molecule has 0 spiro atoms. The molecule has 4 heteroatoms. The molecule has 0 radical (unpaired) electrons. The monoisotopic (exact) mass is 267 g/mol. The number of benzene rings is 1. The van der Waals surface area contributed by atoms with E-state index in [1.165, 1.54) is 11.1 Å². The normalized spacial score (nSPS) is 12.4. The molecule has 0 bridgehead atoms. The fourth-order valence-corrected chi connectivity index (χ4v) is 1.71. The maximum Gasteiger partial charge on any atom is 0.0945 e. The van der Waals surface area contributed by atoms with Crippen LogP contribution in [0.15, 0.2) is 18.2 Å². The summed E-state index contributed by atoms with van der Waals surface area (Å²) >= 11 is 0. The topological polar surface area (TPSA) is 50.7 Å². The smallest absolute Gasteiger partial charge is 0.0945 e. The van der Waals surface area contributed by atoms with Gasteiger partial charge in [0.2, 0.25) is 0 Å². The molecule has 1 unspecified atom stereocenters. The van der Waals surface area contributed by atoms with Gasteiger partial charge in [-0.1, -0.05) is 12.1 Å². The number of anilines is 1. The Bertz CT molecular complexity index is 368. The molecule has 0 aliphatic heterocycles. The average Bonchev–Trinajstić information content (AvgIpc) is 2.40. The van der Waals surface area contributed by atoms with Crippen LogP contribution in [0.1, 0.15) is 18.1 Å². The number of ether oxygens (including phenoxy) is 2. The quantitative estimate of drug-likeness (QED) is 0.673. The van der Waals surface area contributed by atoms with Gasteiger partial charge < -0.3 is 19.9 Å². The first-order chi connectivity index (χ1) is 9.15. The number of nitrogens with one attached hydrogen (secondary N) is 1. The van der Waals surface area contributed by atoms with Crippen molar-refractivity contribution >= 4 is 5.69 Å². The van der Waals surface area contributed by atoms with Crippen LogP contribution >= 0.6 is 0 Å². The summed E-state index contributed by atoms with van der Waals surface area (Å²) in [6, 6.07) is 6.11. The number of aliphatic hydroxyl groups is 1. The van der Waals surface area contributed by atoms with Crippen LogP contribution in [0.25, 0.3) is 0 Å². The van der Waals surface area contributed by atoms with Crippen LogP contribution in [0.4, 0.5) is 5.69 Å². The molecule has 0 aliphatic carbocycles. The molecule has 0 aliphatic rings. The van der Waals surface area contributed by atoms with Crippen molar-refractivity contribution in [2.75, 3.05) is 38.3 Å². The first kappa shape index (κ1) is 16.0. The van der Waals surface area contributed by atoms with E-state index in [0.717, 1.165) is 5.69 Å². The highest BCUT2D eigenvalue weighted by Gasteiger charge is 2.06. The Kier molecular flexibility index (Phi) is 7.48. The van der Waals surface area contributed by atoms with Crippen LogP contribution in [0, 0.1) is 13.8 Å². The highest BCUT2D eigenvalue weighted by molar-refractivity contribution is 5.53. The zero-order valence-electron chi connectivity index (χ0n) is 12.1. The van der Waals surface area contributed by atoms with Crippen molar-refractivity contribution in [1.29, 1.82) is 0 Å². The molecule has 0 saturated carbocycles. The largest absolute Gasteiger partial charge is 0.389 e. The van der Waals surface area contributed by atoms with E-state index in [9.17, 15) is 5.11 Å².